The Balaban J connectivity index is 1.99. The van der Waals surface area contributed by atoms with E-state index in [2.05, 4.69) is 22.2 Å². The second kappa shape index (κ2) is 7.11. The van der Waals surface area contributed by atoms with Crippen LogP contribution in [-0.4, -0.2) is 25.6 Å². The Morgan fingerprint density at radius 2 is 2.11 bits per heavy atom. The third-order valence-electron chi connectivity index (χ3n) is 3.88. The Labute approximate surface area is 121 Å². The summed E-state index contributed by atoms with van der Waals surface area (Å²) in [6.45, 7) is 1.87. The van der Waals surface area contributed by atoms with Gasteiger partial charge >= 0.3 is 0 Å². The van der Waals surface area contributed by atoms with Crippen molar-refractivity contribution in [2.75, 3.05) is 25.5 Å². The Bertz CT molecular complexity index is 402. The van der Waals surface area contributed by atoms with Gasteiger partial charge in [-0.3, -0.25) is 0 Å². The molecule has 106 valence electrons. The fourth-order valence-electron chi connectivity index (χ4n) is 2.90. The van der Waals surface area contributed by atoms with Crippen LogP contribution in [0.1, 0.15) is 37.7 Å². The van der Waals surface area contributed by atoms with Gasteiger partial charge in [0.25, 0.3) is 0 Å². The molecular formula is C15H24ClN3. The summed E-state index contributed by atoms with van der Waals surface area (Å²) in [4.78, 5) is 6.73. The predicted octanol–water partition coefficient (Wildman–Crippen LogP) is 3.47. The molecule has 0 aromatic carbocycles. The molecule has 1 N–H and O–H groups in total. The molecule has 19 heavy (non-hydrogen) atoms. The van der Waals surface area contributed by atoms with Crippen molar-refractivity contribution in [2.45, 2.75) is 38.6 Å². The summed E-state index contributed by atoms with van der Waals surface area (Å²) < 4.78 is 0. The van der Waals surface area contributed by atoms with Crippen LogP contribution < -0.4 is 10.2 Å². The third kappa shape index (κ3) is 4.08. The van der Waals surface area contributed by atoms with Crippen molar-refractivity contribution < 1.29 is 0 Å². The molecule has 1 aromatic rings. The highest BCUT2D eigenvalue weighted by molar-refractivity contribution is 6.33. The number of aromatic nitrogens is 1. The molecule has 3 nitrogen and oxygen atoms in total. The Kier molecular flexibility index (Phi) is 5.46. The summed E-state index contributed by atoms with van der Waals surface area (Å²) in [7, 11) is 4.03. The van der Waals surface area contributed by atoms with Crippen LogP contribution >= 0.6 is 11.6 Å². The molecule has 0 amide bonds. The third-order valence-corrected chi connectivity index (χ3v) is 4.16. The molecule has 1 saturated carbocycles. The molecule has 1 aliphatic rings. The van der Waals surface area contributed by atoms with Gasteiger partial charge in [0, 0.05) is 26.3 Å². The van der Waals surface area contributed by atoms with Crippen LogP contribution in [0.4, 0.5) is 5.82 Å². The van der Waals surface area contributed by atoms with Crippen LogP contribution in [0.2, 0.25) is 5.02 Å². The van der Waals surface area contributed by atoms with Crippen LogP contribution in [0.3, 0.4) is 0 Å². The maximum absolute atomic E-state index is 6.35. The maximum atomic E-state index is 6.35. The van der Waals surface area contributed by atoms with Gasteiger partial charge in [0.15, 0.2) is 0 Å². The van der Waals surface area contributed by atoms with Crippen molar-refractivity contribution in [2.24, 2.45) is 5.92 Å². The Morgan fingerprint density at radius 3 is 2.74 bits per heavy atom. The number of pyridine rings is 1. The van der Waals surface area contributed by atoms with Gasteiger partial charge in [0.2, 0.25) is 0 Å². The number of hydrogen-bond acceptors (Lipinski definition) is 3. The lowest BCUT2D eigenvalue weighted by Crippen LogP contribution is -2.27. The van der Waals surface area contributed by atoms with E-state index in [1.54, 1.807) is 0 Å². The number of nitrogens with zero attached hydrogens (tertiary/aromatic N) is 2. The molecule has 0 saturated heterocycles. The van der Waals surface area contributed by atoms with Crippen molar-refractivity contribution in [1.82, 2.24) is 10.3 Å². The van der Waals surface area contributed by atoms with Crippen LogP contribution in [0.25, 0.3) is 0 Å². The highest BCUT2D eigenvalue weighted by Crippen LogP contribution is 2.28. The molecule has 0 aliphatic heterocycles. The highest BCUT2D eigenvalue weighted by Gasteiger charge is 2.17. The van der Waals surface area contributed by atoms with E-state index in [-0.39, 0.29) is 0 Å². The van der Waals surface area contributed by atoms with E-state index in [4.69, 9.17) is 11.6 Å². The Morgan fingerprint density at radius 1 is 1.37 bits per heavy atom. The second-order valence-corrected chi connectivity index (χ2v) is 5.97. The summed E-state index contributed by atoms with van der Waals surface area (Å²) in [5.41, 5.74) is 1.13. The zero-order chi connectivity index (χ0) is 13.7. The topological polar surface area (TPSA) is 28.2 Å². The molecular weight excluding hydrogens is 258 g/mol. The predicted molar refractivity (Wildman–Crippen MR) is 81.9 cm³/mol. The summed E-state index contributed by atoms with van der Waals surface area (Å²) in [5.74, 6) is 1.71. The first kappa shape index (κ1) is 14.6. The summed E-state index contributed by atoms with van der Waals surface area (Å²) in [6, 6.07) is 2.01. The van der Waals surface area contributed by atoms with Crippen LogP contribution in [0.5, 0.6) is 0 Å². The average molecular weight is 282 g/mol. The van der Waals surface area contributed by atoms with Gasteiger partial charge < -0.3 is 10.2 Å². The molecule has 0 radical (unpaired) electrons. The molecule has 0 unspecified atom stereocenters. The van der Waals surface area contributed by atoms with Gasteiger partial charge in [-0.25, -0.2) is 4.98 Å². The van der Waals surface area contributed by atoms with Gasteiger partial charge in [0.1, 0.15) is 5.82 Å². The number of hydrogen-bond donors (Lipinski definition) is 1. The van der Waals surface area contributed by atoms with Crippen molar-refractivity contribution >= 4 is 17.4 Å². The highest BCUT2D eigenvalue weighted by atomic mass is 35.5. The number of halogens is 1. The maximum Gasteiger partial charge on any atom is 0.147 e. The molecule has 2 rings (SSSR count). The van der Waals surface area contributed by atoms with E-state index in [1.807, 2.05) is 19.3 Å². The van der Waals surface area contributed by atoms with E-state index in [1.165, 1.54) is 32.1 Å². The van der Waals surface area contributed by atoms with Crippen molar-refractivity contribution in [3.05, 3.63) is 22.8 Å². The largest absolute Gasteiger partial charge is 0.358 e. The summed E-state index contributed by atoms with van der Waals surface area (Å²) in [6.07, 6.45) is 8.76. The van der Waals surface area contributed by atoms with Gasteiger partial charge in [-0.2, -0.15) is 0 Å². The zero-order valence-corrected chi connectivity index (χ0v) is 12.7. The minimum Gasteiger partial charge on any atom is -0.358 e. The Hall–Kier alpha value is -0.800. The molecule has 0 atom stereocenters. The number of rotatable bonds is 5. The first-order valence-electron chi connectivity index (χ1n) is 7.21. The molecule has 0 bridgehead atoms. The monoisotopic (exact) mass is 281 g/mol. The minimum atomic E-state index is 0.756. The van der Waals surface area contributed by atoms with Gasteiger partial charge in [-0.1, -0.05) is 30.9 Å². The van der Waals surface area contributed by atoms with Crippen molar-refractivity contribution in [3.63, 3.8) is 0 Å². The lowest BCUT2D eigenvalue weighted by molar-refractivity contribution is 0.361. The van der Waals surface area contributed by atoms with Crippen molar-refractivity contribution in [1.29, 1.82) is 0 Å². The fraction of sp³-hybridized carbons (Fsp3) is 0.667. The SMILES string of the molecule is CNCc1cnc(N(C)CC2CCCCC2)c(Cl)c1. The summed E-state index contributed by atoms with van der Waals surface area (Å²) >= 11 is 6.35. The van der Waals surface area contributed by atoms with Gasteiger partial charge in [-0.05, 0) is 37.4 Å². The molecule has 0 spiro atoms. The van der Waals surface area contributed by atoms with Crippen LogP contribution in [-0.2, 0) is 6.54 Å². The van der Waals surface area contributed by atoms with Gasteiger partial charge in [-0.15, -0.1) is 0 Å². The van der Waals surface area contributed by atoms with E-state index in [0.717, 1.165) is 35.4 Å². The number of nitrogens with one attached hydrogen (secondary N) is 1. The standard InChI is InChI=1S/C15H24ClN3/c1-17-9-13-8-14(16)15(18-10-13)19(2)11-12-6-4-3-5-7-12/h8,10,12,17H,3-7,9,11H2,1-2H3. The first-order chi connectivity index (χ1) is 9.20. The average Bonchev–Trinajstić information content (AvgIpc) is 2.40. The number of anilines is 1. The molecule has 4 heteroatoms. The smallest absolute Gasteiger partial charge is 0.147 e. The molecule has 1 heterocycles. The quantitative estimate of drug-likeness (QED) is 0.896. The zero-order valence-electron chi connectivity index (χ0n) is 12.0. The van der Waals surface area contributed by atoms with E-state index < -0.39 is 0 Å². The van der Waals surface area contributed by atoms with Gasteiger partial charge in [0.05, 0.1) is 5.02 Å². The van der Waals surface area contributed by atoms with E-state index >= 15 is 0 Å². The fourth-order valence-corrected chi connectivity index (χ4v) is 3.23. The van der Waals surface area contributed by atoms with Crippen LogP contribution in [0, 0.1) is 5.92 Å². The normalized spacial score (nSPS) is 16.6. The molecule has 1 aromatic heterocycles. The van der Waals surface area contributed by atoms with E-state index in [9.17, 15) is 0 Å². The molecule has 1 aliphatic carbocycles. The summed E-state index contributed by atoms with van der Waals surface area (Å²) in [5, 5.41) is 3.87. The lowest BCUT2D eigenvalue weighted by Gasteiger charge is -2.28. The second-order valence-electron chi connectivity index (χ2n) is 5.56. The minimum absolute atomic E-state index is 0.756. The lowest BCUT2D eigenvalue weighted by atomic mass is 9.89. The molecule has 1 fully saturated rings. The van der Waals surface area contributed by atoms with E-state index in [0.29, 0.717) is 0 Å². The van der Waals surface area contributed by atoms with Crippen LogP contribution in [0.15, 0.2) is 12.3 Å². The van der Waals surface area contributed by atoms with Crippen molar-refractivity contribution in [3.8, 4) is 0 Å². The first-order valence-corrected chi connectivity index (χ1v) is 7.58.